The summed E-state index contributed by atoms with van der Waals surface area (Å²) in [5.74, 6) is 0.612. The van der Waals surface area contributed by atoms with Crippen LogP contribution >= 0.6 is 11.3 Å². The Morgan fingerprint density at radius 1 is 1.15 bits per heavy atom. The molecule has 0 aliphatic rings. The molecular formula is C20H19FN2O3S. The van der Waals surface area contributed by atoms with Gasteiger partial charge >= 0.3 is 0 Å². The fourth-order valence-electron chi connectivity index (χ4n) is 2.35. The molecule has 1 heterocycles. The Morgan fingerprint density at radius 2 is 1.81 bits per heavy atom. The third-order valence-corrected chi connectivity index (χ3v) is 4.77. The third-order valence-electron chi connectivity index (χ3n) is 3.83. The van der Waals surface area contributed by atoms with Gasteiger partial charge in [-0.2, -0.15) is 0 Å². The van der Waals surface area contributed by atoms with Gasteiger partial charge in [0.15, 0.2) is 6.10 Å². The molecule has 0 aliphatic carbocycles. The van der Waals surface area contributed by atoms with Crippen LogP contribution in [0.2, 0.25) is 0 Å². The molecule has 0 saturated carbocycles. The van der Waals surface area contributed by atoms with Gasteiger partial charge in [-0.25, -0.2) is 9.37 Å². The minimum absolute atomic E-state index is 0.265. The van der Waals surface area contributed by atoms with Crippen LogP contribution in [0.5, 0.6) is 11.5 Å². The second-order valence-corrected chi connectivity index (χ2v) is 6.66. The number of methoxy groups -OCH3 is 1. The lowest BCUT2D eigenvalue weighted by Crippen LogP contribution is -2.35. The Hall–Kier alpha value is -2.93. The zero-order valence-electron chi connectivity index (χ0n) is 14.9. The molecule has 7 heteroatoms. The fraction of sp³-hybridized carbons (Fsp3) is 0.200. The zero-order valence-corrected chi connectivity index (χ0v) is 15.8. The Balaban J connectivity index is 1.54. The van der Waals surface area contributed by atoms with Crippen LogP contribution < -0.4 is 14.8 Å². The number of hydrogen-bond acceptors (Lipinski definition) is 5. The number of rotatable bonds is 7. The first-order chi connectivity index (χ1) is 13.0. The van der Waals surface area contributed by atoms with E-state index >= 15 is 0 Å². The predicted molar refractivity (Wildman–Crippen MR) is 102 cm³/mol. The first-order valence-corrected chi connectivity index (χ1v) is 9.22. The highest BCUT2D eigenvalue weighted by Gasteiger charge is 2.15. The Kier molecular flexibility index (Phi) is 6.03. The highest BCUT2D eigenvalue weighted by molar-refractivity contribution is 7.13. The molecule has 0 fully saturated rings. The largest absolute Gasteiger partial charge is 0.497 e. The van der Waals surface area contributed by atoms with Gasteiger partial charge in [0.05, 0.1) is 19.3 Å². The number of nitrogens with one attached hydrogen (secondary N) is 1. The molecule has 2 aromatic carbocycles. The Labute approximate surface area is 160 Å². The van der Waals surface area contributed by atoms with Crippen LogP contribution in [0.15, 0.2) is 53.9 Å². The van der Waals surface area contributed by atoms with Gasteiger partial charge in [0.2, 0.25) is 0 Å². The molecule has 0 bridgehead atoms. The first kappa shape index (κ1) is 18.8. The smallest absolute Gasteiger partial charge is 0.261 e. The Bertz CT molecular complexity index is 894. The van der Waals surface area contributed by atoms with Crippen LogP contribution in [0.1, 0.15) is 12.6 Å². The van der Waals surface area contributed by atoms with E-state index in [1.165, 1.54) is 35.6 Å². The second-order valence-electron chi connectivity index (χ2n) is 5.80. The minimum atomic E-state index is -0.699. The average Bonchev–Trinajstić information content (AvgIpc) is 3.17. The maximum absolute atomic E-state index is 12.9. The summed E-state index contributed by atoms with van der Waals surface area (Å²) in [6.07, 6.45) is -0.699. The number of halogens is 1. The second kappa shape index (κ2) is 8.64. The molecule has 1 aromatic heterocycles. The van der Waals surface area contributed by atoms with E-state index in [4.69, 9.17) is 9.47 Å². The fourth-order valence-corrected chi connectivity index (χ4v) is 3.17. The molecule has 5 nitrogen and oxygen atoms in total. The summed E-state index contributed by atoms with van der Waals surface area (Å²) < 4.78 is 23.6. The lowest BCUT2D eigenvalue weighted by atomic mass is 10.2. The van der Waals surface area contributed by atoms with Gasteiger partial charge in [0.1, 0.15) is 22.3 Å². The van der Waals surface area contributed by atoms with Gasteiger partial charge in [-0.1, -0.05) is 0 Å². The number of nitrogens with zero attached hydrogens (tertiary/aromatic N) is 1. The molecule has 1 atom stereocenters. The normalized spacial score (nSPS) is 11.7. The van der Waals surface area contributed by atoms with Crippen LogP contribution in [0.25, 0.3) is 10.6 Å². The molecule has 1 N–H and O–H groups in total. The van der Waals surface area contributed by atoms with Crippen LogP contribution in [0.3, 0.4) is 0 Å². The van der Waals surface area contributed by atoms with Crippen molar-refractivity contribution in [3.63, 3.8) is 0 Å². The summed E-state index contributed by atoms with van der Waals surface area (Å²) >= 11 is 1.51. The molecular weight excluding hydrogens is 367 g/mol. The van der Waals surface area contributed by atoms with Gasteiger partial charge in [-0.15, -0.1) is 11.3 Å². The number of ether oxygens (including phenoxy) is 2. The van der Waals surface area contributed by atoms with Crippen molar-refractivity contribution in [3.8, 4) is 22.1 Å². The van der Waals surface area contributed by atoms with Crippen molar-refractivity contribution in [2.24, 2.45) is 0 Å². The van der Waals surface area contributed by atoms with Crippen molar-refractivity contribution in [3.05, 3.63) is 65.4 Å². The summed E-state index contributed by atoms with van der Waals surface area (Å²) in [7, 11) is 1.62. The quantitative estimate of drug-likeness (QED) is 0.666. The number of carbonyl (C=O) groups is 1. The number of aromatic nitrogens is 1. The molecule has 1 amide bonds. The monoisotopic (exact) mass is 386 g/mol. The predicted octanol–water partition coefficient (Wildman–Crippen LogP) is 4.04. The topological polar surface area (TPSA) is 60.5 Å². The van der Waals surface area contributed by atoms with Gasteiger partial charge in [-0.3, -0.25) is 4.79 Å². The minimum Gasteiger partial charge on any atom is -0.497 e. The van der Waals surface area contributed by atoms with Crippen molar-refractivity contribution in [1.29, 1.82) is 0 Å². The number of amides is 1. The van der Waals surface area contributed by atoms with Gasteiger partial charge in [-0.05, 0) is 55.5 Å². The standard InChI is InChI=1S/C20H19FN2O3S/c1-13(26-18-9-5-15(21)6-10-18)19(24)22-11-16-12-27-20(23-16)14-3-7-17(25-2)8-4-14/h3-10,12-13H,11H2,1-2H3,(H,22,24). The molecule has 0 aliphatic heterocycles. The van der Waals surface area contributed by atoms with E-state index in [1.807, 2.05) is 29.6 Å². The van der Waals surface area contributed by atoms with E-state index in [0.717, 1.165) is 22.0 Å². The van der Waals surface area contributed by atoms with E-state index in [0.29, 0.717) is 12.3 Å². The number of hydrogen-bond donors (Lipinski definition) is 1. The maximum Gasteiger partial charge on any atom is 0.261 e. The van der Waals surface area contributed by atoms with Gasteiger partial charge < -0.3 is 14.8 Å². The molecule has 3 aromatic rings. The number of thiazole rings is 1. The molecule has 3 rings (SSSR count). The van der Waals surface area contributed by atoms with Gasteiger partial charge in [0.25, 0.3) is 5.91 Å². The summed E-state index contributed by atoms with van der Waals surface area (Å²) in [6.45, 7) is 1.95. The van der Waals surface area contributed by atoms with E-state index in [9.17, 15) is 9.18 Å². The summed E-state index contributed by atoms with van der Waals surface area (Å²) in [5.41, 5.74) is 1.76. The molecule has 1 unspecified atom stereocenters. The highest BCUT2D eigenvalue weighted by atomic mass is 32.1. The zero-order chi connectivity index (χ0) is 19.2. The van der Waals surface area contributed by atoms with E-state index in [1.54, 1.807) is 14.0 Å². The Morgan fingerprint density at radius 3 is 2.48 bits per heavy atom. The van der Waals surface area contributed by atoms with Crippen molar-refractivity contribution >= 4 is 17.2 Å². The van der Waals surface area contributed by atoms with Crippen molar-refractivity contribution in [2.75, 3.05) is 7.11 Å². The molecule has 0 saturated heterocycles. The maximum atomic E-state index is 12.9. The highest BCUT2D eigenvalue weighted by Crippen LogP contribution is 2.25. The van der Waals surface area contributed by atoms with Crippen LogP contribution in [-0.4, -0.2) is 24.1 Å². The summed E-state index contributed by atoms with van der Waals surface area (Å²) in [6, 6.07) is 13.2. The molecule has 0 radical (unpaired) electrons. The van der Waals surface area contributed by atoms with E-state index in [2.05, 4.69) is 10.3 Å². The van der Waals surface area contributed by atoms with Crippen LogP contribution in [-0.2, 0) is 11.3 Å². The van der Waals surface area contributed by atoms with Crippen molar-refractivity contribution in [2.45, 2.75) is 19.6 Å². The van der Waals surface area contributed by atoms with E-state index in [-0.39, 0.29) is 11.7 Å². The third kappa shape index (κ3) is 5.04. The van der Waals surface area contributed by atoms with Gasteiger partial charge in [0, 0.05) is 10.9 Å². The number of benzene rings is 2. The molecule has 140 valence electrons. The van der Waals surface area contributed by atoms with Crippen molar-refractivity contribution in [1.82, 2.24) is 10.3 Å². The van der Waals surface area contributed by atoms with Crippen molar-refractivity contribution < 1.29 is 18.7 Å². The SMILES string of the molecule is COc1ccc(-c2nc(CNC(=O)C(C)Oc3ccc(F)cc3)cs2)cc1. The molecule has 27 heavy (non-hydrogen) atoms. The number of carbonyl (C=O) groups excluding carboxylic acids is 1. The molecule has 0 spiro atoms. The average molecular weight is 386 g/mol. The lowest BCUT2D eigenvalue weighted by molar-refractivity contribution is -0.127. The summed E-state index contributed by atoms with van der Waals surface area (Å²) in [4.78, 5) is 16.7. The van der Waals surface area contributed by atoms with E-state index < -0.39 is 6.10 Å². The first-order valence-electron chi connectivity index (χ1n) is 8.34. The van der Waals surface area contributed by atoms with Crippen LogP contribution in [0.4, 0.5) is 4.39 Å². The summed E-state index contributed by atoms with van der Waals surface area (Å²) in [5, 5.41) is 5.58. The van der Waals surface area contributed by atoms with Crippen LogP contribution in [0, 0.1) is 5.82 Å². The lowest BCUT2D eigenvalue weighted by Gasteiger charge is -2.14.